The SMILES string of the molecule is CCOC(=O)CC(O)C(O)c1ccc2[nH]c(=O)[nH]c2c1. The first-order chi connectivity index (χ1) is 9.51. The minimum atomic E-state index is -1.27. The molecule has 0 aliphatic heterocycles. The molecule has 0 spiro atoms. The molecule has 2 rings (SSSR count). The molecule has 2 unspecified atom stereocenters. The first-order valence-electron chi connectivity index (χ1n) is 6.25. The van der Waals surface area contributed by atoms with Gasteiger partial charge in [-0.15, -0.1) is 0 Å². The number of ether oxygens (including phenoxy) is 1. The minimum Gasteiger partial charge on any atom is -0.466 e. The van der Waals surface area contributed by atoms with E-state index >= 15 is 0 Å². The maximum atomic E-state index is 11.3. The highest BCUT2D eigenvalue weighted by Gasteiger charge is 2.22. The molecule has 7 nitrogen and oxygen atoms in total. The fourth-order valence-electron chi connectivity index (χ4n) is 1.96. The first-order valence-corrected chi connectivity index (χ1v) is 6.25. The van der Waals surface area contributed by atoms with Crippen LogP contribution in [-0.4, -0.2) is 38.9 Å². The van der Waals surface area contributed by atoms with Crippen molar-refractivity contribution in [2.45, 2.75) is 25.6 Å². The largest absolute Gasteiger partial charge is 0.466 e. The van der Waals surface area contributed by atoms with Gasteiger partial charge >= 0.3 is 11.7 Å². The van der Waals surface area contributed by atoms with Crippen molar-refractivity contribution in [3.05, 3.63) is 34.2 Å². The molecule has 7 heteroatoms. The van der Waals surface area contributed by atoms with Crippen LogP contribution in [0.5, 0.6) is 0 Å². The molecule has 1 aromatic carbocycles. The van der Waals surface area contributed by atoms with Gasteiger partial charge in [-0.05, 0) is 24.6 Å². The fourth-order valence-corrected chi connectivity index (χ4v) is 1.96. The van der Waals surface area contributed by atoms with Crippen molar-refractivity contribution >= 4 is 17.0 Å². The van der Waals surface area contributed by atoms with Crippen molar-refractivity contribution in [3.8, 4) is 0 Å². The minimum absolute atomic E-state index is 0.220. The zero-order valence-electron chi connectivity index (χ0n) is 10.9. The number of fused-ring (bicyclic) bond motifs is 1. The average molecular weight is 280 g/mol. The second kappa shape index (κ2) is 5.89. The van der Waals surface area contributed by atoms with E-state index in [4.69, 9.17) is 4.74 Å². The monoisotopic (exact) mass is 280 g/mol. The van der Waals surface area contributed by atoms with Gasteiger partial charge in [0.05, 0.1) is 30.2 Å². The van der Waals surface area contributed by atoms with Crippen molar-refractivity contribution in [1.82, 2.24) is 9.97 Å². The average Bonchev–Trinajstić information content (AvgIpc) is 2.76. The third-order valence-corrected chi connectivity index (χ3v) is 2.93. The number of benzene rings is 1. The molecule has 0 radical (unpaired) electrons. The van der Waals surface area contributed by atoms with Crippen LogP contribution in [-0.2, 0) is 9.53 Å². The first kappa shape index (κ1) is 14.3. The van der Waals surface area contributed by atoms with Crippen LogP contribution in [0.25, 0.3) is 11.0 Å². The number of esters is 1. The molecule has 4 N–H and O–H groups in total. The van der Waals surface area contributed by atoms with E-state index < -0.39 is 18.2 Å². The molecule has 0 bridgehead atoms. The predicted octanol–water partition coefficient (Wildman–Crippen LogP) is 0.204. The van der Waals surface area contributed by atoms with Gasteiger partial charge in [0, 0.05) is 0 Å². The Hall–Kier alpha value is -2.12. The summed E-state index contributed by atoms with van der Waals surface area (Å²) >= 11 is 0. The molecule has 108 valence electrons. The lowest BCUT2D eigenvalue weighted by molar-refractivity contribution is -0.147. The number of aromatic nitrogens is 2. The van der Waals surface area contributed by atoms with Crippen molar-refractivity contribution in [1.29, 1.82) is 0 Å². The highest BCUT2D eigenvalue weighted by atomic mass is 16.5. The summed E-state index contributed by atoms with van der Waals surface area (Å²) in [5.41, 5.74) is 1.18. The lowest BCUT2D eigenvalue weighted by atomic mass is 10.0. The van der Waals surface area contributed by atoms with E-state index in [1.807, 2.05) is 0 Å². The highest BCUT2D eigenvalue weighted by molar-refractivity contribution is 5.75. The van der Waals surface area contributed by atoms with Crippen LogP contribution in [0.3, 0.4) is 0 Å². The molecule has 0 aliphatic rings. The molecule has 20 heavy (non-hydrogen) atoms. The van der Waals surface area contributed by atoms with Crippen molar-refractivity contribution in [2.75, 3.05) is 6.61 Å². The van der Waals surface area contributed by atoms with Gasteiger partial charge in [-0.25, -0.2) is 4.79 Å². The number of hydrogen-bond donors (Lipinski definition) is 4. The zero-order valence-corrected chi connectivity index (χ0v) is 10.9. The van der Waals surface area contributed by atoms with E-state index in [0.29, 0.717) is 16.6 Å². The lowest BCUT2D eigenvalue weighted by Gasteiger charge is -2.17. The van der Waals surface area contributed by atoms with Gasteiger partial charge in [-0.3, -0.25) is 4.79 Å². The number of rotatable bonds is 5. The number of carbonyl (C=O) groups excluding carboxylic acids is 1. The molecule has 1 heterocycles. The van der Waals surface area contributed by atoms with Crippen LogP contribution in [0.2, 0.25) is 0 Å². The van der Waals surface area contributed by atoms with E-state index in [-0.39, 0.29) is 18.7 Å². The van der Waals surface area contributed by atoms with E-state index in [9.17, 15) is 19.8 Å². The quantitative estimate of drug-likeness (QED) is 0.584. The maximum absolute atomic E-state index is 11.3. The summed E-state index contributed by atoms with van der Waals surface area (Å²) in [7, 11) is 0. The maximum Gasteiger partial charge on any atom is 0.323 e. The van der Waals surface area contributed by atoms with Gasteiger partial charge in [0.25, 0.3) is 0 Å². The Morgan fingerprint density at radius 3 is 2.70 bits per heavy atom. The van der Waals surface area contributed by atoms with E-state index in [1.165, 1.54) is 0 Å². The summed E-state index contributed by atoms with van der Waals surface area (Å²) < 4.78 is 4.71. The Kier molecular flexibility index (Phi) is 4.21. The molecule has 0 saturated heterocycles. The van der Waals surface area contributed by atoms with Crippen LogP contribution in [0.1, 0.15) is 25.0 Å². The summed E-state index contributed by atoms with van der Waals surface area (Å²) in [5.74, 6) is -0.574. The molecular weight excluding hydrogens is 264 g/mol. The van der Waals surface area contributed by atoms with Gasteiger partial charge in [0.1, 0.15) is 6.10 Å². The molecular formula is C13H16N2O5. The van der Waals surface area contributed by atoms with Crippen LogP contribution >= 0.6 is 0 Å². The predicted molar refractivity (Wildman–Crippen MR) is 71.1 cm³/mol. The Balaban J connectivity index is 2.15. The van der Waals surface area contributed by atoms with Gasteiger partial charge in [-0.1, -0.05) is 6.07 Å². The third kappa shape index (κ3) is 3.06. The molecule has 0 saturated carbocycles. The summed E-state index contributed by atoms with van der Waals surface area (Å²) in [6, 6.07) is 4.74. The normalized spacial score (nSPS) is 14.2. The highest BCUT2D eigenvalue weighted by Crippen LogP contribution is 2.22. The Morgan fingerprint density at radius 1 is 1.30 bits per heavy atom. The number of hydrogen-bond acceptors (Lipinski definition) is 5. The molecule has 2 atom stereocenters. The van der Waals surface area contributed by atoms with E-state index in [2.05, 4.69) is 9.97 Å². The third-order valence-electron chi connectivity index (χ3n) is 2.93. The smallest absolute Gasteiger partial charge is 0.323 e. The van der Waals surface area contributed by atoms with Crippen LogP contribution in [0.15, 0.2) is 23.0 Å². The Labute approximate surface area is 114 Å². The lowest BCUT2D eigenvalue weighted by Crippen LogP contribution is -2.23. The summed E-state index contributed by atoms with van der Waals surface area (Å²) in [5, 5.41) is 19.8. The van der Waals surface area contributed by atoms with E-state index in [1.54, 1.807) is 25.1 Å². The molecule has 0 amide bonds. The van der Waals surface area contributed by atoms with E-state index in [0.717, 1.165) is 0 Å². The Bertz CT molecular complexity index is 660. The van der Waals surface area contributed by atoms with Crippen LogP contribution in [0, 0.1) is 0 Å². The molecule has 0 fully saturated rings. The van der Waals surface area contributed by atoms with Crippen molar-refractivity contribution < 1.29 is 19.7 Å². The molecule has 0 aliphatic carbocycles. The number of H-pyrrole nitrogens is 2. The number of carbonyl (C=O) groups is 1. The van der Waals surface area contributed by atoms with Crippen molar-refractivity contribution in [3.63, 3.8) is 0 Å². The van der Waals surface area contributed by atoms with Gasteiger partial charge in [0.15, 0.2) is 0 Å². The standard InChI is InChI=1S/C13H16N2O5/c1-2-20-11(17)6-10(16)12(18)7-3-4-8-9(5-7)15-13(19)14-8/h3-5,10,12,16,18H,2,6H2,1H3,(H2,14,15,19). The number of imidazole rings is 1. The fraction of sp³-hybridized carbons (Fsp3) is 0.385. The van der Waals surface area contributed by atoms with Gasteiger partial charge in [-0.2, -0.15) is 0 Å². The van der Waals surface area contributed by atoms with Gasteiger partial charge in [0.2, 0.25) is 0 Å². The summed E-state index contributed by atoms with van der Waals surface area (Å²) in [6.45, 7) is 1.88. The van der Waals surface area contributed by atoms with Crippen LogP contribution < -0.4 is 5.69 Å². The summed E-state index contributed by atoms with van der Waals surface area (Å²) in [4.78, 5) is 27.5. The van der Waals surface area contributed by atoms with Crippen LogP contribution in [0.4, 0.5) is 0 Å². The second-order valence-corrected chi connectivity index (χ2v) is 4.41. The zero-order chi connectivity index (χ0) is 14.7. The topological polar surface area (TPSA) is 115 Å². The number of aromatic amines is 2. The molecule has 2 aromatic rings. The molecule has 1 aromatic heterocycles. The number of aliphatic hydroxyl groups excluding tert-OH is 2. The van der Waals surface area contributed by atoms with Gasteiger partial charge < -0.3 is 24.9 Å². The Morgan fingerprint density at radius 2 is 2.00 bits per heavy atom. The second-order valence-electron chi connectivity index (χ2n) is 4.41. The summed E-state index contributed by atoms with van der Waals surface area (Å²) in [6.07, 6.45) is -2.80. The number of nitrogens with one attached hydrogen (secondary N) is 2. The van der Waals surface area contributed by atoms with Crippen molar-refractivity contribution in [2.24, 2.45) is 0 Å². The number of aliphatic hydroxyl groups is 2.